The van der Waals surface area contributed by atoms with Crippen LogP contribution in [0.1, 0.15) is 17.4 Å². The molecule has 0 bridgehead atoms. The number of nitriles is 1. The number of halogens is 1. The molecule has 3 aromatic rings. The average Bonchev–Trinajstić information content (AvgIpc) is 3.13. The highest BCUT2D eigenvalue weighted by molar-refractivity contribution is 5.76. The third-order valence-electron chi connectivity index (χ3n) is 3.54. The van der Waals surface area contributed by atoms with Crippen LogP contribution in [0.15, 0.2) is 54.6 Å². The zero-order valence-corrected chi connectivity index (χ0v) is 14.1. The first-order valence-electron chi connectivity index (χ1n) is 8.03. The van der Waals surface area contributed by atoms with Gasteiger partial charge in [0.15, 0.2) is 6.61 Å². The second kappa shape index (κ2) is 8.53. The number of hydrogen-bond acceptors (Lipinski definition) is 6. The summed E-state index contributed by atoms with van der Waals surface area (Å²) < 4.78 is 19.3. The molecule has 1 aromatic heterocycles. The summed E-state index contributed by atoms with van der Waals surface area (Å²) in [4.78, 5) is 13.2. The van der Waals surface area contributed by atoms with Gasteiger partial charge in [0.2, 0.25) is 11.7 Å². The van der Waals surface area contributed by atoms with E-state index >= 15 is 0 Å². The van der Waals surface area contributed by atoms with Crippen molar-refractivity contribution < 1.29 is 13.9 Å². The number of carbonyl (C=O) groups is 1. The summed E-state index contributed by atoms with van der Waals surface area (Å²) in [5.41, 5.74) is 0.0943. The van der Waals surface area contributed by atoms with E-state index in [1.807, 2.05) is 24.3 Å². The topological polar surface area (TPSA) is 106 Å². The lowest BCUT2D eigenvalue weighted by atomic mass is 10.1. The minimum absolute atomic E-state index is 0.0943. The SMILES string of the molecule is N#CC(NC(=O)Cn1nnc(COc2ccccc2)n1)c1ccccc1F. The molecule has 3 rings (SSSR count). The predicted molar refractivity (Wildman–Crippen MR) is 91.5 cm³/mol. The molecular weight excluding hydrogens is 351 g/mol. The lowest BCUT2D eigenvalue weighted by molar-refractivity contribution is -0.122. The number of carbonyl (C=O) groups excluding carboxylic acids is 1. The second-order valence-corrected chi connectivity index (χ2v) is 5.49. The summed E-state index contributed by atoms with van der Waals surface area (Å²) in [7, 11) is 0. The van der Waals surface area contributed by atoms with E-state index in [-0.39, 0.29) is 18.7 Å². The molecule has 1 heterocycles. The number of aromatic nitrogens is 4. The molecule has 0 saturated heterocycles. The molecule has 1 amide bonds. The van der Waals surface area contributed by atoms with Crippen LogP contribution in [0, 0.1) is 17.1 Å². The molecule has 0 aliphatic heterocycles. The summed E-state index contributed by atoms with van der Waals surface area (Å²) in [6.07, 6.45) is 0. The van der Waals surface area contributed by atoms with Crippen LogP contribution in [-0.2, 0) is 17.9 Å². The fourth-order valence-corrected chi connectivity index (χ4v) is 2.29. The van der Waals surface area contributed by atoms with Gasteiger partial charge in [-0.25, -0.2) is 4.39 Å². The van der Waals surface area contributed by atoms with Crippen molar-refractivity contribution in [3.05, 3.63) is 71.8 Å². The molecule has 1 atom stereocenters. The lowest BCUT2D eigenvalue weighted by Gasteiger charge is -2.12. The summed E-state index contributed by atoms with van der Waals surface area (Å²) in [6, 6.07) is 15.7. The first-order valence-corrected chi connectivity index (χ1v) is 8.03. The quantitative estimate of drug-likeness (QED) is 0.683. The number of nitrogens with one attached hydrogen (secondary N) is 1. The predicted octanol–water partition coefficient (Wildman–Crippen LogP) is 1.77. The molecule has 0 aliphatic carbocycles. The molecule has 0 saturated carbocycles. The minimum Gasteiger partial charge on any atom is -0.485 e. The molecule has 1 unspecified atom stereocenters. The Balaban J connectivity index is 1.56. The Hall–Kier alpha value is -3.80. The Morgan fingerprint density at radius 3 is 2.70 bits per heavy atom. The first kappa shape index (κ1) is 18.0. The van der Waals surface area contributed by atoms with Gasteiger partial charge in [-0.2, -0.15) is 10.1 Å². The van der Waals surface area contributed by atoms with Gasteiger partial charge in [0.25, 0.3) is 0 Å². The van der Waals surface area contributed by atoms with Crippen LogP contribution >= 0.6 is 0 Å². The van der Waals surface area contributed by atoms with E-state index in [1.54, 1.807) is 18.2 Å². The van der Waals surface area contributed by atoms with Gasteiger partial charge in [-0.15, -0.1) is 10.2 Å². The van der Waals surface area contributed by atoms with Crippen LogP contribution in [0.3, 0.4) is 0 Å². The highest BCUT2D eigenvalue weighted by Crippen LogP contribution is 2.16. The van der Waals surface area contributed by atoms with E-state index in [1.165, 1.54) is 18.2 Å². The summed E-state index contributed by atoms with van der Waals surface area (Å²) in [5.74, 6) is -0.146. The van der Waals surface area contributed by atoms with Crippen LogP contribution < -0.4 is 10.1 Å². The molecule has 27 heavy (non-hydrogen) atoms. The Kier molecular flexibility index (Phi) is 5.69. The normalized spacial score (nSPS) is 11.4. The van der Waals surface area contributed by atoms with Crippen LogP contribution in [-0.4, -0.2) is 26.1 Å². The number of nitrogens with zero attached hydrogens (tertiary/aromatic N) is 5. The second-order valence-electron chi connectivity index (χ2n) is 5.49. The Labute approximate surface area is 154 Å². The van der Waals surface area contributed by atoms with Gasteiger partial charge >= 0.3 is 0 Å². The van der Waals surface area contributed by atoms with E-state index < -0.39 is 17.8 Å². The summed E-state index contributed by atoms with van der Waals surface area (Å²) in [5, 5.41) is 23.3. The minimum atomic E-state index is -1.11. The summed E-state index contributed by atoms with van der Waals surface area (Å²) in [6.45, 7) is -0.160. The van der Waals surface area contributed by atoms with Gasteiger partial charge in [-0.3, -0.25) is 4.79 Å². The van der Waals surface area contributed by atoms with Crippen LogP contribution in [0.25, 0.3) is 0 Å². The van der Waals surface area contributed by atoms with Gasteiger partial charge in [0.1, 0.15) is 24.2 Å². The number of benzene rings is 2. The molecule has 0 fully saturated rings. The standard InChI is InChI=1S/C18H15FN6O2/c19-15-9-5-4-8-14(15)16(10-20)21-18(26)11-25-23-17(22-24-25)12-27-13-6-2-1-3-7-13/h1-9,16H,11-12H2,(H,21,26). The molecule has 9 heteroatoms. The maximum Gasteiger partial charge on any atom is 0.244 e. The van der Waals surface area contributed by atoms with Crippen molar-refractivity contribution in [3.8, 4) is 11.8 Å². The molecular formula is C18H15FN6O2. The molecule has 8 nitrogen and oxygen atoms in total. The van der Waals surface area contributed by atoms with E-state index in [2.05, 4.69) is 20.7 Å². The lowest BCUT2D eigenvalue weighted by Crippen LogP contribution is -2.32. The molecule has 1 N–H and O–H groups in total. The molecule has 0 spiro atoms. The van der Waals surface area contributed by atoms with Crippen molar-refractivity contribution in [1.29, 1.82) is 5.26 Å². The number of hydrogen-bond donors (Lipinski definition) is 1. The van der Waals surface area contributed by atoms with Crippen molar-refractivity contribution in [1.82, 2.24) is 25.5 Å². The number of rotatable bonds is 7. The number of tetrazole rings is 1. The van der Waals surface area contributed by atoms with E-state index in [4.69, 9.17) is 4.74 Å². The monoisotopic (exact) mass is 366 g/mol. The Morgan fingerprint density at radius 2 is 1.96 bits per heavy atom. The molecule has 136 valence electrons. The van der Waals surface area contributed by atoms with E-state index in [0.29, 0.717) is 11.6 Å². The largest absolute Gasteiger partial charge is 0.485 e. The third-order valence-corrected chi connectivity index (χ3v) is 3.54. The van der Waals surface area contributed by atoms with E-state index in [0.717, 1.165) is 4.80 Å². The fourth-order valence-electron chi connectivity index (χ4n) is 2.29. The maximum atomic E-state index is 13.8. The average molecular weight is 366 g/mol. The Bertz CT molecular complexity index is 954. The molecule has 0 radical (unpaired) electrons. The van der Waals surface area contributed by atoms with Crippen LogP contribution in [0.4, 0.5) is 4.39 Å². The van der Waals surface area contributed by atoms with Gasteiger partial charge in [-0.1, -0.05) is 36.4 Å². The van der Waals surface area contributed by atoms with E-state index in [9.17, 15) is 14.4 Å². The van der Waals surface area contributed by atoms with Gasteiger partial charge in [0, 0.05) is 5.56 Å². The zero-order valence-electron chi connectivity index (χ0n) is 14.1. The van der Waals surface area contributed by atoms with Gasteiger partial charge < -0.3 is 10.1 Å². The number of amides is 1. The van der Waals surface area contributed by atoms with Gasteiger partial charge in [-0.05, 0) is 23.4 Å². The van der Waals surface area contributed by atoms with Crippen molar-refractivity contribution in [3.63, 3.8) is 0 Å². The number of para-hydroxylation sites is 1. The molecule has 2 aromatic carbocycles. The highest BCUT2D eigenvalue weighted by atomic mass is 19.1. The maximum absolute atomic E-state index is 13.8. The summed E-state index contributed by atoms with van der Waals surface area (Å²) >= 11 is 0. The Morgan fingerprint density at radius 1 is 1.22 bits per heavy atom. The number of ether oxygens (including phenoxy) is 1. The van der Waals surface area contributed by atoms with Crippen LogP contribution in [0.2, 0.25) is 0 Å². The first-order chi connectivity index (χ1) is 13.2. The fraction of sp³-hybridized carbons (Fsp3) is 0.167. The smallest absolute Gasteiger partial charge is 0.244 e. The van der Waals surface area contributed by atoms with Crippen LogP contribution in [0.5, 0.6) is 5.75 Å². The van der Waals surface area contributed by atoms with Crippen molar-refractivity contribution in [2.45, 2.75) is 19.2 Å². The molecule has 0 aliphatic rings. The zero-order chi connectivity index (χ0) is 19.1. The van der Waals surface area contributed by atoms with Gasteiger partial charge in [0.05, 0.1) is 6.07 Å². The highest BCUT2D eigenvalue weighted by Gasteiger charge is 2.18. The van der Waals surface area contributed by atoms with Crippen molar-refractivity contribution in [2.24, 2.45) is 0 Å². The van der Waals surface area contributed by atoms with Crippen molar-refractivity contribution in [2.75, 3.05) is 0 Å². The third kappa shape index (κ3) is 4.85. The van der Waals surface area contributed by atoms with Crippen molar-refractivity contribution >= 4 is 5.91 Å².